The third kappa shape index (κ3) is 3.60. The number of benzene rings is 1. The van der Waals surface area contributed by atoms with Crippen LogP contribution < -0.4 is 4.74 Å². The van der Waals surface area contributed by atoms with Crippen LogP contribution in [0.15, 0.2) is 53.2 Å². The lowest BCUT2D eigenvalue weighted by Gasteiger charge is -2.33. The van der Waals surface area contributed by atoms with Crippen molar-refractivity contribution in [3.63, 3.8) is 0 Å². The van der Waals surface area contributed by atoms with Gasteiger partial charge in [-0.1, -0.05) is 23.7 Å². The fourth-order valence-corrected chi connectivity index (χ4v) is 3.42. The average molecular weight is 350 g/mol. The molecule has 1 aliphatic heterocycles. The zero-order valence-corrected chi connectivity index (χ0v) is 14.8. The molecule has 6 nitrogen and oxygen atoms in total. The van der Waals surface area contributed by atoms with Gasteiger partial charge in [0.15, 0.2) is 5.82 Å². The maximum Gasteiger partial charge on any atom is 0.258 e. The molecule has 6 heteroatoms. The van der Waals surface area contributed by atoms with Gasteiger partial charge in [-0.2, -0.15) is 4.98 Å². The molecule has 1 aromatic carbocycles. The fourth-order valence-electron chi connectivity index (χ4n) is 3.42. The number of methoxy groups -OCH3 is 1. The van der Waals surface area contributed by atoms with Crippen molar-refractivity contribution in [3.05, 3.63) is 60.2 Å². The minimum absolute atomic E-state index is 0.161. The zero-order chi connectivity index (χ0) is 17.8. The molecule has 0 bridgehead atoms. The SMILES string of the molecule is COc1cccc(-c2nc(C3CCCCN3Cc3ccccn3)no2)c1. The van der Waals surface area contributed by atoms with Crippen LogP contribution in [-0.2, 0) is 6.54 Å². The number of pyridine rings is 1. The van der Waals surface area contributed by atoms with Gasteiger partial charge in [-0.15, -0.1) is 0 Å². The molecule has 4 rings (SSSR count). The molecule has 1 aliphatic rings. The molecule has 3 aromatic rings. The van der Waals surface area contributed by atoms with Crippen molar-refractivity contribution in [2.24, 2.45) is 0 Å². The van der Waals surface area contributed by atoms with Crippen molar-refractivity contribution >= 4 is 0 Å². The average Bonchev–Trinajstić information content (AvgIpc) is 3.19. The highest BCUT2D eigenvalue weighted by Gasteiger charge is 2.28. The Morgan fingerprint density at radius 2 is 2.15 bits per heavy atom. The topological polar surface area (TPSA) is 64.3 Å². The van der Waals surface area contributed by atoms with Gasteiger partial charge in [-0.25, -0.2) is 0 Å². The molecule has 3 heterocycles. The molecule has 0 saturated carbocycles. The third-order valence-electron chi connectivity index (χ3n) is 4.76. The van der Waals surface area contributed by atoms with Crippen molar-refractivity contribution in [1.82, 2.24) is 20.0 Å². The summed E-state index contributed by atoms with van der Waals surface area (Å²) in [4.78, 5) is 11.5. The van der Waals surface area contributed by atoms with Crippen LogP contribution in [-0.4, -0.2) is 33.7 Å². The number of hydrogen-bond donors (Lipinski definition) is 0. The number of aromatic nitrogens is 3. The molecule has 0 aliphatic carbocycles. The van der Waals surface area contributed by atoms with Gasteiger partial charge >= 0.3 is 0 Å². The highest BCUT2D eigenvalue weighted by molar-refractivity contribution is 5.55. The fraction of sp³-hybridized carbons (Fsp3) is 0.350. The summed E-state index contributed by atoms with van der Waals surface area (Å²) < 4.78 is 10.8. The second kappa shape index (κ2) is 7.66. The molecular formula is C20H22N4O2. The molecule has 0 N–H and O–H groups in total. The predicted molar refractivity (Wildman–Crippen MR) is 97.5 cm³/mol. The Morgan fingerprint density at radius 1 is 1.19 bits per heavy atom. The van der Waals surface area contributed by atoms with Gasteiger partial charge in [0.05, 0.1) is 18.8 Å². The van der Waals surface area contributed by atoms with Crippen LogP contribution in [0.5, 0.6) is 5.75 Å². The van der Waals surface area contributed by atoms with Crippen molar-refractivity contribution < 1.29 is 9.26 Å². The van der Waals surface area contributed by atoms with E-state index < -0.39 is 0 Å². The van der Waals surface area contributed by atoms with Crippen molar-refractivity contribution in [2.45, 2.75) is 31.8 Å². The predicted octanol–water partition coefficient (Wildman–Crippen LogP) is 3.87. The summed E-state index contributed by atoms with van der Waals surface area (Å²) in [7, 11) is 1.65. The summed E-state index contributed by atoms with van der Waals surface area (Å²) in [5.41, 5.74) is 1.94. The van der Waals surface area contributed by atoms with Crippen LogP contribution >= 0.6 is 0 Å². The molecule has 1 atom stereocenters. The van der Waals surface area contributed by atoms with E-state index in [1.807, 2.05) is 42.6 Å². The number of ether oxygens (including phenoxy) is 1. The lowest BCUT2D eigenvalue weighted by molar-refractivity contribution is 0.129. The van der Waals surface area contributed by atoms with Gasteiger partial charge in [0.1, 0.15) is 5.75 Å². The number of hydrogen-bond acceptors (Lipinski definition) is 6. The summed E-state index contributed by atoms with van der Waals surface area (Å²) in [5, 5.41) is 4.27. The zero-order valence-electron chi connectivity index (χ0n) is 14.8. The van der Waals surface area contributed by atoms with Crippen molar-refractivity contribution in [1.29, 1.82) is 0 Å². The van der Waals surface area contributed by atoms with E-state index in [1.165, 1.54) is 12.8 Å². The summed E-state index contributed by atoms with van der Waals surface area (Å²) >= 11 is 0. The van der Waals surface area contributed by atoms with Crippen LogP contribution in [0.3, 0.4) is 0 Å². The lowest BCUT2D eigenvalue weighted by Crippen LogP contribution is -2.33. The third-order valence-corrected chi connectivity index (χ3v) is 4.76. The highest BCUT2D eigenvalue weighted by Crippen LogP contribution is 2.32. The van der Waals surface area contributed by atoms with Crippen LogP contribution in [0.4, 0.5) is 0 Å². The molecular weight excluding hydrogens is 328 g/mol. The van der Waals surface area contributed by atoms with Gasteiger partial charge in [-0.05, 0) is 49.7 Å². The first-order valence-corrected chi connectivity index (χ1v) is 8.95. The van der Waals surface area contributed by atoms with E-state index in [2.05, 4.69) is 26.1 Å². The maximum atomic E-state index is 5.54. The second-order valence-corrected chi connectivity index (χ2v) is 6.49. The Labute approximate surface area is 152 Å². The first-order chi connectivity index (χ1) is 12.8. The number of nitrogens with zero attached hydrogens (tertiary/aromatic N) is 4. The quantitative estimate of drug-likeness (QED) is 0.696. The Balaban J connectivity index is 1.56. The van der Waals surface area contributed by atoms with E-state index >= 15 is 0 Å². The van der Waals surface area contributed by atoms with Gasteiger partial charge in [-0.3, -0.25) is 9.88 Å². The Morgan fingerprint density at radius 3 is 3.00 bits per heavy atom. The largest absolute Gasteiger partial charge is 0.497 e. The molecule has 134 valence electrons. The maximum absolute atomic E-state index is 5.54. The van der Waals surface area contributed by atoms with E-state index in [0.717, 1.165) is 42.3 Å². The summed E-state index contributed by atoms with van der Waals surface area (Å²) in [6.07, 6.45) is 5.23. The minimum Gasteiger partial charge on any atom is -0.497 e. The number of piperidine rings is 1. The minimum atomic E-state index is 0.161. The normalized spacial score (nSPS) is 18.0. The number of rotatable bonds is 5. The molecule has 2 aromatic heterocycles. The van der Waals surface area contributed by atoms with Crippen LogP contribution in [0.25, 0.3) is 11.5 Å². The van der Waals surface area contributed by atoms with E-state index in [1.54, 1.807) is 7.11 Å². The lowest BCUT2D eigenvalue weighted by atomic mass is 10.0. The Bertz CT molecular complexity index is 850. The smallest absolute Gasteiger partial charge is 0.258 e. The molecule has 0 spiro atoms. The molecule has 0 amide bonds. The molecule has 1 fully saturated rings. The Hall–Kier alpha value is -2.73. The van der Waals surface area contributed by atoms with Crippen LogP contribution in [0.1, 0.15) is 36.8 Å². The number of likely N-dealkylation sites (tertiary alicyclic amines) is 1. The van der Waals surface area contributed by atoms with Gasteiger partial charge in [0.2, 0.25) is 0 Å². The molecule has 1 saturated heterocycles. The van der Waals surface area contributed by atoms with E-state index in [-0.39, 0.29) is 6.04 Å². The van der Waals surface area contributed by atoms with Crippen molar-refractivity contribution in [2.75, 3.05) is 13.7 Å². The van der Waals surface area contributed by atoms with Gasteiger partial charge in [0.25, 0.3) is 5.89 Å². The van der Waals surface area contributed by atoms with E-state index in [9.17, 15) is 0 Å². The molecule has 1 unspecified atom stereocenters. The van der Waals surface area contributed by atoms with E-state index in [4.69, 9.17) is 9.26 Å². The monoisotopic (exact) mass is 350 g/mol. The molecule has 26 heavy (non-hydrogen) atoms. The van der Waals surface area contributed by atoms with Gasteiger partial charge < -0.3 is 9.26 Å². The van der Waals surface area contributed by atoms with Crippen LogP contribution in [0, 0.1) is 0 Å². The summed E-state index contributed by atoms with van der Waals surface area (Å²) in [6, 6.07) is 13.9. The molecule has 0 radical (unpaired) electrons. The van der Waals surface area contributed by atoms with Gasteiger partial charge in [0, 0.05) is 18.3 Å². The summed E-state index contributed by atoms with van der Waals surface area (Å²) in [5.74, 6) is 2.05. The van der Waals surface area contributed by atoms with E-state index in [0.29, 0.717) is 5.89 Å². The van der Waals surface area contributed by atoms with Crippen LogP contribution in [0.2, 0.25) is 0 Å². The highest BCUT2D eigenvalue weighted by atomic mass is 16.5. The first-order valence-electron chi connectivity index (χ1n) is 8.95. The summed E-state index contributed by atoms with van der Waals surface area (Å²) in [6.45, 7) is 1.82. The standard InChI is InChI=1S/C20H22N4O2/c1-25-17-9-6-7-15(13-17)20-22-19(23-26-20)18-10-3-5-12-24(18)14-16-8-2-4-11-21-16/h2,4,6-9,11,13,18H,3,5,10,12,14H2,1H3. The second-order valence-electron chi connectivity index (χ2n) is 6.49. The first kappa shape index (κ1) is 16.7. The van der Waals surface area contributed by atoms with Crippen molar-refractivity contribution in [3.8, 4) is 17.2 Å². The Kier molecular flexibility index (Phi) is 4.93.